The largest absolute Gasteiger partial charge is 0.500 e. The Hall–Kier alpha value is -5.06. The van der Waals surface area contributed by atoms with E-state index in [-0.39, 0.29) is 23.9 Å². The number of H-pyrrole nitrogens is 1. The van der Waals surface area contributed by atoms with Gasteiger partial charge in [0.25, 0.3) is 0 Å². The second-order valence-corrected chi connectivity index (χ2v) is 14.2. The smallest absolute Gasteiger partial charge is 0.481 e. The minimum Gasteiger partial charge on any atom is -0.481 e. The molecule has 0 spiro atoms. The average Bonchev–Trinajstić information content (AvgIpc) is 3.83. The van der Waals surface area contributed by atoms with Crippen molar-refractivity contribution in [3.63, 3.8) is 0 Å². The van der Waals surface area contributed by atoms with Crippen molar-refractivity contribution in [2.75, 3.05) is 14.2 Å². The number of rotatable bonds is 5. The SMILES string of the molecule is COc1ccc(-c2c(C)noc2C)cn1.COc1ccc(Br)cn1.Cc1noc(C)c1-c1ccc(=O)[nH]c1.Cc1noc(C)c1B1OC(C)(C)C(C)(C)O1. The number of hydrogen-bond acceptors (Lipinski definition) is 13. The normalized spacial score (nSPS) is 13.8. The van der Waals surface area contributed by atoms with Crippen LogP contribution in [0.5, 0.6) is 11.8 Å². The Kier molecular flexibility index (Phi) is 13.8. The van der Waals surface area contributed by atoms with E-state index >= 15 is 0 Å². The average molecular weight is 806 g/mol. The molecule has 1 fully saturated rings. The summed E-state index contributed by atoms with van der Waals surface area (Å²) in [6.45, 7) is 19.4. The van der Waals surface area contributed by atoms with Crippen molar-refractivity contribution in [1.29, 1.82) is 0 Å². The molecule has 0 aliphatic carbocycles. The molecule has 54 heavy (non-hydrogen) atoms. The number of hydrogen-bond donors (Lipinski definition) is 1. The van der Waals surface area contributed by atoms with E-state index < -0.39 is 0 Å². The lowest BCUT2D eigenvalue weighted by molar-refractivity contribution is 0.00578. The summed E-state index contributed by atoms with van der Waals surface area (Å²) in [4.78, 5) is 21.6. The molecule has 286 valence electrons. The summed E-state index contributed by atoms with van der Waals surface area (Å²) in [7, 11) is 2.81. The zero-order valence-electron chi connectivity index (χ0n) is 32.7. The number of aromatic nitrogens is 6. The second kappa shape index (κ2) is 17.8. The van der Waals surface area contributed by atoms with Gasteiger partial charge in [-0.05, 0) is 103 Å². The fourth-order valence-electron chi connectivity index (χ4n) is 5.28. The van der Waals surface area contributed by atoms with Gasteiger partial charge >= 0.3 is 7.12 Å². The molecular formula is C38H46BBrN6O8. The highest BCUT2D eigenvalue weighted by molar-refractivity contribution is 9.10. The van der Waals surface area contributed by atoms with E-state index in [2.05, 4.69) is 46.4 Å². The first-order valence-corrected chi connectivity index (χ1v) is 17.8. The van der Waals surface area contributed by atoms with E-state index in [9.17, 15) is 4.79 Å². The zero-order valence-corrected chi connectivity index (χ0v) is 34.2. The number of ether oxygens (including phenoxy) is 2. The van der Waals surface area contributed by atoms with Crippen LogP contribution in [0.2, 0.25) is 0 Å². The second-order valence-electron chi connectivity index (χ2n) is 13.3. The van der Waals surface area contributed by atoms with Gasteiger partial charge in [-0.2, -0.15) is 0 Å². The first-order valence-electron chi connectivity index (χ1n) is 17.0. The van der Waals surface area contributed by atoms with Crippen LogP contribution in [0, 0.1) is 41.5 Å². The van der Waals surface area contributed by atoms with Gasteiger partial charge in [0.15, 0.2) is 0 Å². The number of methoxy groups -OCH3 is 2. The maximum Gasteiger partial charge on any atom is 0.500 e. The van der Waals surface area contributed by atoms with Crippen molar-refractivity contribution in [3.05, 3.63) is 104 Å². The monoisotopic (exact) mass is 804 g/mol. The van der Waals surface area contributed by atoms with Crippen LogP contribution in [0.1, 0.15) is 62.1 Å². The molecule has 1 saturated heterocycles. The Morgan fingerprint density at radius 1 is 0.648 bits per heavy atom. The summed E-state index contributed by atoms with van der Waals surface area (Å²) >= 11 is 3.26. The van der Waals surface area contributed by atoms with E-state index in [4.69, 9.17) is 32.4 Å². The molecule has 7 heterocycles. The highest BCUT2D eigenvalue weighted by Crippen LogP contribution is 2.37. The van der Waals surface area contributed by atoms with Gasteiger partial charge in [0.1, 0.15) is 17.3 Å². The van der Waals surface area contributed by atoms with Gasteiger partial charge in [-0.15, -0.1) is 0 Å². The van der Waals surface area contributed by atoms with Crippen molar-refractivity contribution >= 4 is 28.5 Å². The van der Waals surface area contributed by atoms with Gasteiger partial charge < -0.3 is 37.3 Å². The van der Waals surface area contributed by atoms with E-state index in [1.807, 2.05) is 87.4 Å². The molecule has 0 bridgehead atoms. The molecule has 0 aromatic carbocycles. The molecule has 0 atom stereocenters. The van der Waals surface area contributed by atoms with Crippen molar-refractivity contribution in [1.82, 2.24) is 30.4 Å². The van der Waals surface area contributed by atoms with E-state index in [0.29, 0.717) is 11.8 Å². The van der Waals surface area contributed by atoms with Crippen molar-refractivity contribution in [2.45, 2.75) is 80.4 Å². The minimum absolute atomic E-state index is 0.111. The molecule has 6 aromatic heterocycles. The molecular weight excluding hydrogens is 759 g/mol. The molecule has 1 N–H and O–H groups in total. The van der Waals surface area contributed by atoms with Gasteiger partial charge in [-0.25, -0.2) is 9.97 Å². The lowest BCUT2D eigenvalue weighted by atomic mass is 9.77. The molecule has 0 radical (unpaired) electrons. The van der Waals surface area contributed by atoms with E-state index in [1.165, 1.54) is 6.07 Å². The molecule has 1 aliphatic rings. The quantitative estimate of drug-likeness (QED) is 0.170. The van der Waals surface area contributed by atoms with Crippen molar-refractivity contribution in [2.24, 2.45) is 0 Å². The van der Waals surface area contributed by atoms with Crippen LogP contribution in [0.15, 0.2) is 77.8 Å². The summed E-state index contributed by atoms with van der Waals surface area (Å²) in [5, 5.41) is 11.7. The van der Waals surface area contributed by atoms with Gasteiger partial charge in [-0.3, -0.25) is 4.79 Å². The number of pyridine rings is 3. The molecule has 7 rings (SSSR count). The number of nitrogens with one attached hydrogen (secondary N) is 1. The Bertz CT molecular complexity index is 2080. The molecule has 0 amide bonds. The van der Waals surface area contributed by atoms with Crippen LogP contribution >= 0.6 is 15.9 Å². The molecule has 16 heteroatoms. The topological polar surface area (TPSA) is 174 Å². The van der Waals surface area contributed by atoms with Gasteiger partial charge in [0, 0.05) is 69.0 Å². The maximum absolute atomic E-state index is 10.9. The molecule has 0 unspecified atom stereocenters. The van der Waals surface area contributed by atoms with Crippen molar-refractivity contribution in [3.8, 4) is 34.0 Å². The summed E-state index contributed by atoms with van der Waals surface area (Å²) in [5.41, 5.74) is 6.55. The summed E-state index contributed by atoms with van der Waals surface area (Å²) in [6, 6.07) is 10.7. The van der Waals surface area contributed by atoms with Gasteiger partial charge in [-0.1, -0.05) is 15.5 Å². The van der Waals surface area contributed by atoms with E-state index in [0.717, 1.165) is 66.6 Å². The van der Waals surface area contributed by atoms with Crippen LogP contribution < -0.4 is 20.5 Å². The molecule has 14 nitrogen and oxygen atoms in total. The Morgan fingerprint density at radius 3 is 1.52 bits per heavy atom. The first kappa shape index (κ1) is 41.7. The number of nitrogens with zero attached hydrogens (tertiary/aromatic N) is 5. The summed E-state index contributed by atoms with van der Waals surface area (Å²) < 4.78 is 38.0. The molecule has 6 aromatic rings. The lowest BCUT2D eigenvalue weighted by Gasteiger charge is -2.32. The highest BCUT2D eigenvalue weighted by atomic mass is 79.9. The number of halogens is 1. The number of aromatic amines is 1. The third kappa shape index (κ3) is 10.1. The Labute approximate surface area is 323 Å². The zero-order chi connectivity index (χ0) is 39.8. The van der Waals surface area contributed by atoms with Gasteiger partial charge in [0.2, 0.25) is 17.3 Å². The first-order chi connectivity index (χ1) is 25.5. The predicted molar refractivity (Wildman–Crippen MR) is 208 cm³/mol. The van der Waals surface area contributed by atoms with Gasteiger partial charge in [0.05, 0.1) is 42.5 Å². The maximum atomic E-state index is 10.9. The third-order valence-corrected chi connectivity index (χ3v) is 9.33. The Morgan fingerprint density at radius 2 is 1.13 bits per heavy atom. The number of aryl methyl sites for hydroxylation is 6. The molecule has 0 saturated carbocycles. The van der Waals surface area contributed by atoms with Crippen LogP contribution in [-0.2, 0) is 9.31 Å². The van der Waals surface area contributed by atoms with E-state index in [1.54, 1.807) is 44.9 Å². The predicted octanol–water partition coefficient (Wildman–Crippen LogP) is 7.45. The third-order valence-electron chi connectivity index (χ3n) is 8.86. The fourth-order valence-corrected chi connectivity index (χ4v) is 5.51. The highest BCUT2D eigenvalue weighted by Gasteiger charge is 2.53. The van der Waals surface area contributed by atoms with Crippen LogP contribution in [0.4, 0.5) is 0 Å². The van der Waals surface area contributed by atoms with Crippen LogP contribution in [0.25, 0.3) is 22.3 Å². The molecule has 1 aliphatic heterocycles. The summed E-state index contributed by atoms with van der Waals surface area (Å²) in [5.74, 6) is 3.56. The Balaban J connectivity index is 0.000000163. The van der Waals surface area contributed by atoms with Crippen LogP contribution in [-0.4, -0.2) is 63.0 Å². The fraction of sp³-hybridized carbons (Fsp3) is 0.368. The lowest BCUT2D eigenvalue weighted by Crippen LogP contribution is -2.41. The minimum atomic E-state index is -0.378. The standard InChI is InChI=1S/C11H18BNO3.C11H12N2O2.C10H10N2O2.C6H6BrNO/c1-7-9(8(2)14-13-7)12-15-10(3,4)11(5,6)16-12;1-7-11(8(2)15-13-7)9-4-5-10(14-3)12-6-9;1-6-10(7(2)14-12-6)8-3-4-9(13)11-5-8;1-9-6-3-2-5(7)4-8-6/h1-6H3;4-6H,1-3H3;3-5H,1-2H3,(H,11,13);2-4H,1H3. The van der Waals surface area contributed by atoms with Crippen LogP contribution in [0.3, 0.4) is 0 Å². The summed E-state index contributed by atoms with van der Waals surface area (Å²) in [6.07, 6.45) is 5.11. The van der Waals surface area contributed by atoms with Crippen molar-refractivity contribution < 1.29 is 32.4 Å².